The molecule has 1 rings (SSSR count). The summed E-state index contributed by atoms with van der Waals surface area (Å²) in [6.07, 6.45) is 7.11. The van der Waals surface area contributed by atoms with E-state index >= 15 is 0 Å². The molecule has 0 aromatic rings. The van der Waals surface area contributed by atoms with Gasteiger partial charge in [-0.2, -0.15) is 0 Å². The summed E-state index contributed by atoms with van der Waals surface area (Å²) < 4.78 is 4.93. The summed E-state index contributed by atoms with van der Waals surface area (Å²) in [6, 6.07) is 0. The Morgan fingerprint density at radius 1 is 1.38 bits per heavy atom. The van der Waals surface area contributed by atoms with Crippen molar-refractivity contribution in [2.24, 2.45) is 5.92 Å². The molecule has 2 unspecified atom stereocenters. The van der Waals surface area contributed by atoms with Gasteiger partial charge in [-0.25, -0.2) is 0 Å². The zero-order valence-electron chi connectivity index (χ0n) is 14.4. The summed E-state index contributed by atoms with van der Waals surface area (Å²) in [5.41, 5.74) is -0.530. The van der Waals surface area contributed by atoms with Crippen LogP contribution in [0.5, 0.6) is 0 Å². The molecule has 0 amide bonds. The Labute approximate surface area is 130 Å². The Balaban J connectivity index is 2.29. The Kier molecular flexibility index (Phi) is 8.27. The van der Waals surface area contributed by atoms with Crippen molar-refractivity contribution in [2.75, 3.05) is 33.3 Å². The number of likely N-dealkylation sites (tertiary alicyclic amines) is 1. The Bertz CT molecular complexity index is 309. The summed E-state index contributed by atoms with van der Waals surface area (Å²) in [5, 5.41) is 3.28. The highest BCUT2D eigenvalue weighted by atomic mass is 16.5. The molecule has 0 saturated carbocycles. The maximum atomic E-state index is 11.9. The van der Waals surface area contributed by atoms with Crippen molar-refractivity contribution in [1.29, 1.82) is 0 Å². The van der Waals surface area contributed by atoms with E-state index < -0.39 is 5.54 Å². The van der Waals surface area contributed by atoms with Gasteiger partial charge >= 0.3 is 5.97 Å². The average Bonchev–Trinajstić information content (AvgIpc) is 2.51. The number of likely N-dealkylation sites (N-methyl/N-ethyl adjacent to an activating group) is 1. The van der Waals surface area contributed by atoms with Crippen LogP contribution in [0, 0.1) is 5.92 Å². The van der Waals surface area contributed by atoms with Crippen LogP contribution >= 0.6 is 0 Å². The van der Waals surface area contributed by atoms with Gasteiger partial charge in [0.25, 0.3) is 0 Å². The summed E-state index contributed by atoms with van der Waals surface area (Å²) >= 11 is 0. The van der Waals surface area contributed by atoms with Crippen LogP contribution < -0.4 is 5.32 Å². The van der Waals surface area contributed by atoms with E-state index in [1.807, 2.05) is 13.8 Å². The standard InChI is InChI=1S/C17H34N2O2/c1-5-15-10-9-13-19(14-15)12-8-7-11-17(3,18-6-2)16(20)21-4/h15,18H,5-14H2,1-4H3. The number of carbonyl (C=O) groups excluding carboxylic acids is 1. The lowest BCUT2D eigenvalue weighted by molar-refractivity contribution is -0.148. The van der Waals surface area contributed by atoms with Gasteiger partial charge < -0.3 is 15.0 Å². The lowest BCUT2D eigenvalue weighted by atomic mass is 9.93. The monoisotopic (exact) mass is 298 g/mol. The molecular weight excluding hydrogens is 264 g/mol. The smallest absolute Gasteiger partial charge is 0.325 e. The fraction of sp³-hybridized carbons (Fsp3) is 0.941. The lowest BCUT2D eigenvalue weighted by Gasteiger charge is -2.32. The van der Waals surface area contributed by atoms with Crippen molar-refractivity contribution >= 4 is 5.97 Å². The van der Waals surface area contributed by atoms with Crippen LogP contribution in [0.3, 0.4) is 0 Å². The number of nitrogens with zero attached hydrogens (tertiary/aromatic N) is 1. The quantitative estimate of drug-likeness (QED) is 0.525. The third-order valence-corrected chi connectivity index (χ3v) is 4.78. The van der Waals surface area contributed by atoms with Crippen LogP contribution in [-0.4, -0.2) is 49.7 Å². The SMILES string of the molecule is CCNC(C)(CCCCN1CCCC(CC)C1)C(=O)OC. The number of methoxy groups -OCH3 is 1. The molecule has 1 N–H and O–H groups in total. The minimum Gasteiger partial charge on any atom is -0.468 e. The second-order valence-electron chi connectivity index (χ2n) is 6.53. The number of carbonyl (C=O) groups is 1. The number of esters is 1. The van der Waals surface area contributed by atoms with Crippen LogP contribution in [0.25, 0.3) is 0 Å². The zero-order chi connectivity index (χ0) is 15.7. The molecule has 0 bridgehead atoms. The van der Waals surface area contributed by atoms with Gasteiger partial charge in [-0.1, -0.05) is 20.3 Å². The van der Waals surface area contributed by atoms with Crippen LogP contribution in [0.1, 0.15) is 59.3 Å². The number of unbranched alkanes of at least 4 members (excludes halogenated alkanes) is 1. The van der Waals surface area contributed by atoms with E-state index in [1.54, 1.807) is 0 Å². The van der Waals surface area contributed by atoms with Gasteiger partial charge in [0.15, 0.2) is 0 Å². The Morgan fingerprint density at radius 2 is 2.14 bits per heavy atom. The molecule has 1 aliphatic rings. The highest BCUT2D eigenvalue weighted by Crippen LogP contribution is 2.20. The molecule has 0 aliphatic carbocycles. The summed E-state index contributed by atoms with van der Waals surface area (Å²) in [4.78, 5) is 14.5. The van der Waals surface area contributed by atoms with E-state index in [1.165, 1.54) is 46.0 Å². The Hall–Kier alpha value is -0.610. The zero-order valence-corrected chi connectivity index (χ0v) is 14.4. The van der Waals surface area contributed by atoms with Gasteiger partial charge in [-0.05, 0) is 64.6 Å². The van der Waals surface area contributed by atoms with E-state index in [2.05, 4.69) is 17.1 Å². The summed E-state index contributed by atoms with van der Waals surface area (Å²) in [5.74, 6) is 0.745. The molecule has 0 aromatic heterocycles. The number of rotatable bonds is 9. The first-order valence-corrected chi connectivity index (χ1v) is 8.61. The number of hydrogen-bond acceptors (Lipinski definition) is 4. The molecule has 1 saturated heterocycles. The maximum absolute atomic E-state index is 11.9. The molecule has 21 heavy (non-hydrogen) atoms. The summed E-state index contributed by atoms with van der Waals surface area (Å²) in [6.45, 7) is 10.7. The van der Waals surface area contributed by atoms with Gasteiger partial charge in [-0.3, -0.25) is 4.79 Å². The predicted molar refractivity (Wildman–Crippen MR) is 87.4 cm³/mol. The molecule has 4 heteroatoms. The van der Waals surface area contributed by atoms with Gasteiger partial charge in [0, 0.05) is 6.54 Å². The summed E-state index contributed by atoms with van der Waals surface area (Å²) in [7, 11) is 1.47. The van der Waals surface area contributed by atoms with E-state index in [4.69, 9.17) is 4.74 Å². The van der Waals surface area contributed by atoms with Crippen molar-refractivity contribution in [3.63, 3.8) is 0 Å². The van der Waals surface area contributed by atoms with Crippen molar-refractivity contribution in [3.05, 3.63) is 0 Å². The van der Waals surface area contributed by atoms with Crippen LogP contribution in [-0.2, 0) is 9.53 Å². The topological polar surface area (TPSA) is 41.6 Å². The second kappa shape index (κ2) is 9.42. The Morgan fingerprint density at radius 3 is 2.76 bits per heavy atom. The first-order valence-electron chi connectivity index (χ1n) is 8.61. The van der Waals surface area contributed by atoms with Gasteiger partial charge in [-0.15, -0.1) is 0 Å². The highest BCUT2D eigenvalue weighted by Gasteiger charge is 2.32. The van der Waals surface area contributed by atoms with Crippen LogP contribution in [0.15, 0.2) is 0 Å². The van der Waals surface area contributed by atoms with E-state index in [-0.39, 0.29) is 5.97 Å². The van der Waals surface area contributed by atoms with E-state index in [9.17, 15) is 4.79 Å². The molecule has 1 aliphatic heterocycles. The van der Waals surface area contributed by atoms with E-state index in [0.29, 0.717) is 0 Å². The molecule has 0 aromatic carbocycles. The number of ether oxygens (including phenoxy) is 1. The van der Waals surface area contributed by atoms with Gasteiger partial charge in [0.05, 0.1) is 7.11 Å². The maximum Gasteiger partial charge on any atom is 0.325 e. The van der Waals surface area contributed by atoms with E-state index in [0.717, 1.165) is 31.7 Å². The van der Waals surface area contributed by atoms with Crippen LogP contribution in [0.2, 0.25) is 0 Å². The molecule has 124 valence electrons. The highest BCUT2D eigenvalue weighted by molar-refractivity contribution is 5.80. The minimum absolute atomic E-state index is 0.145. The number of nitrogens with one attached hydrogen (secondary N) is 1. The number of piperidine rings is 1. The van der Waals surface area contributed by atoms with Crippen molar-refractivity contribution in [1.82, 2.24) is 10.2 Å². The number of hydrogen-bond donors (Lipinski definition) is 1. The fourth-order valence-electron chi connectivity index (χ4n) is 3.38. The second-order valence-corrected chi connectivity index (χ2v) is 6.53. The van der Waals surface area contributed by atoms with Crippen molar-refractivity contribution in [3.8, 4) is 0 Å². The van der Waals surface area contributed by atoms with Crippen LogP contribution in [0.4, 0.5) is 0 Å². The average molecular weight is 298 g/mol. The molecule has 1 heterocycles. The van der Waals surface area contributed by atoms with Crippen molar-refractivity contribution in [2.45, 2.75) is 64.8 Å². The fourth-order valence-corrected chi connectivity index (χ4v) is 3.38. The third-order valence-electron chi connectivity index (χ3n) is 4.78. The first kappa shape index (κ1) is 18.4. The molecular formula is C17H34N2O2. The third kappa shape index (κ3) is 5.95. The molecule has 0 spiro atoms. The first-order chi connectivity index (χ1) is 10.1. The minimum atomic E-state index is -0.530. The molecule has 1 fully saturated rings. The lowest BCUT2D eigenvalue weighted by Crippen LogP contribution is -2.50. The largest absolute Gasteiger partial charge is 0.468 e. The van der Waals surface area contributed by atoms with Crippen molar-refractivity contribution < 1.29 is 9.53 Å². The van der Waals surface area contributed by atoms with Gasteiger partial charge in [0.1, 0.15) is 5.54 Å². The van der Waals surface area contributed by atoms with Gasteiger partial charge in [0.2, 0.25) is 0 Å². The molecule has 2 atom stereocenters. The molecule has 4 nitrogen and oxygen atoms in total. The normalized spacial score (nSPS) is 22.8. The molecule has 0 radical (unpaired) electrons. The predicted octanol–water partition coefficient (Wildman–Crippen LogP) is 2.82.